The Morgan fingerprint density at radius 1 is 1.35 bits per heavy atom. The third kappa shape index (κ3) is 3.68. The Hall–Kier alpha value is -0.610. The van der Waals surface area contributed by atoms with Gasteiger partial charge in [0.05, 0.1) is 13.2 Å². The quantitative estimate of drug-likeness (QED) is 0.797. The number of morpholine rings is 1. The van der Waals surface area contributed by atoms with E-state index in [9.17, 15) is 4.79 Å². The Morgan fingerprint density at radius 3 is 2.65 bits per heavy atom. The second-order valence-electron chi connectivity index (χ2n) is 5.22. The molecule has 0 aromatic heterocycles. The van der Waals surface area contributed by atoms with Gasteiger partial charge in [-0.15, -0.1) is 0 Å². The van der Waals surface area contributed by atoms with Gasteiger partial charge in [0.25, 0.3) is 0 Å². The summed E-state index contributed by atoms with van der Waals surface area (Å²) in [7, 11) is 0. The van der Waals surface area contributed by atoms with E-state index in [0.717, 1.165) is 45.7 Å². The third-order valence-corrected chi connectivity index (χ3v) is 3.97. The Labute approximate surface area is 104 Å². The van der Waals surface area contributed by atoms with E-state index in [0.29, 0.717) is 6.04 Å². The lowest BCUT2D eigenvalue weighted by Crippen LogP contribution is -2.47. The van der Waals surface area contributed by atoms with Crippen LogP contribution in [0.15, 0.2) is 0 Å². The lowest BCUT2D eigenvalue weighted by molar-refractivity contribution is -0.125. The highest BCUT2D eigenvalue weighted by Gasteiger charge is 2.23. The average Bonchev–Trinajstić information content (AvgIpc) is 2.90. The molecule has 0 radical (unpaired) electrons. The highest BCUT2D eigenvalue weighted by molar-refractivity contribution is 5.78. The molecule has 1 heterocycles. The van der Waals surface area contributed by atoms with Gasteiger partial charge in [0.15, 0.2) is 0 Å². The van der Waals surface area contributed by atoms with Crippen molar-refractivity contribution in [3.05, 3.63) is 0 Å². The van der Waals surface area contributed by atoms with Crippen molar-refractivity contribution in [1.82, 2.24) is 10.2 Å². The molecule has 4 heteroatoms. The molecule has 1 aliphatic carbocycles. The highest BCUT2D eigenvalue weighted by Crippen LogP contribution is 2.24. The van der Waals surface area contributed by atoms with Crippen LogP contribution in [0.1, 0.15) is 32.6 Å². The Kier molecular flexibility index (Phi) is 4.80. The molecule has 0 spiro atoms. The molecule has 0 aromatic rings. The lowest BCUT2D eigenvalue weighted by atomic mass is 10.1. The monoisotopic (exact) mass is 240 g/mol. The predicted octanol–water partition coefficient (Wildman–Crippen LogP) is 1.01. The maximum atomic E-state index is 11.9. The first-order valence-electron chi connectivity index (χ1n) is 6.87. The summed E-state index contributed by atoms with van der Waals surface area (Å²) in [6.45, 7) is 6.57. The highest BCUT2D eigenvalue weighted by atomic mass is 16.5. The van der Waals surface area contributed by atoms with Gasteiger partial charge >= 0.3 is 0 Å². The largest absolute Gasteiger partial charge is 0.379 e. The van der Waals surface area contributed by atoms with Crippen molar-refractivity contribution in [2.45, 2.75) is 38.6 Å². The number of nitrogens with zero attached hydrogens (tertiary/aromatic N) is 1. The molecular weight excluding hydrogens is 216 g/mol. The minimum atomic E-state index is 0.266. The van der Waals surface area contributed by atoms with E-state index in [2.05, 4.69) is 17.1 Å². The van der Waals surface area contributed by atoms with Gasteiger partial charge in [-0.1, -0.05) is 12.8 Å². The molecule has 2 fully saturated rings. The second kappa shape index (κ2) is 6.36. The van der Waals surface area contributed by atoms with Crippen LogP contribution in [0.25, 0.3) is 0 Å². The number of ether oxygens (including phenoxy) is 1. The SMILES string of the molecule is C[C@H](CNC(=O)C1CCCC1)N1CCOCC1. The van der Waals surface area contributed by atoms with Crippen molar-refractivity contribution < 1.29 is 9.53 Å². The molecule has 1 amide bonds. The summed E-state index contributed by atoms with van der Waals surface area (Å²) in [5.41, 5.74) is 0. The van der Waals surface area contributed by atoms with Crippen LogP contribution in [0.2, 0.25) is 0 Å². The summed E-state index contributed by atoms with van der Waals surface area (Å²) in [6.07, 6.45) is 4.60. The molecule has 1 N–H and O–H groups in total. The Balaban J connectivity index is 1.67. The Morgan fingerprint density at radius 2 is 2.00 bits per heavy atom. The van der Waals surface area contributed by atoms with E-state index in [1.54, 1.807) is 0 Å². The van der Waals surface area contributed by atoms with Crippen LogP contribution in [0, 0.1) is 5.92 Å². The van der Waals surface area contributed by atoms with Crippen LogP contribution < -0.4 is 5.32 Å². The zero-order valence-corrected chi connectivity index (χ0v) is 10.8. The van der Waals surface area contributed by atoms with Crippen molar-refractivity contribution in [3.8, 4) is 0 Å². The first-order chi connectivity index (χ1) is 8.27. The zero-order valence-electron chi connectivity index (χ0n) is 10.8. The molecule has 1 aliphatic heterocycles. The number of nitrogens with one attached hydrogen (secondary N) is 1. The fourth-order valence-electron chi connectivity index (χ4n) is 2.73. The van der Waals surface area contributed by atoms with Crippen LogP contribution in [0.5, 0.6) is 0 Å². The van der Waals surface area contributed by atoms with Gasteiger partial charge in [-0.25, -0.2) is 0 Å². The van der Waals surface area contributed by atoms with Crippen molar-refractivity contribution in [3.63, 3.8) is 0 Å². The maximum Gasteiger partial charge on any atom is 0.223 e. The van der Waals surface area contributed by atoms with Crippen LogP contribution in [-0.4, -0.2) is 49.7 Å². The molecule has 1 saturated heterocycles. The summed E-state index contributed by atoms with van der Waals surface area (Å²) in [6, 6.07) is 0.421. The van der Waals surface area contributed by atoms with Gasteiger partial charge in [0.1, 0.15) is 0 Å². The van der Waals surface area contributed by atoms with Crippen LogP contribution in [-0.2, 0) is 9.53 Å². The molecule has 2 rings (SSSR count). The molecule has 2 aliphatic rings. The zero-order chi connectivity index (χ0) is 12.1. The van der Waals surface area contributed by atoms with Gasteiger partial charge < -0.3 is 10.1 Å². The molecule has 0 unspecified atom stereocenters. The minimum Gasteiger partial charge on any atom is -0.379 e. The standard InChI is InChI=1S/C13H24N2O2/c1-11(15-6-8-17-9-7-15)10-14-13(16)12-4-2-3-5-12/h11-12H,2-10H2,1H3,(H,14,16)/t11-/m1/s1. The molecule has 0 aromatic carbocycles. The summed E-state index contributed by atoms with van der Waals surface area (Å²) in [5.74, 6) is 0.550. The van der Waals surface area contributed by atoms with E-state index < -0.39 is 0 Å². The fourth-order valence-corrected chi connectivity index (χ4v) is 2.73. The summed E-state index contributed by atoms with van der Waals surface area (Å²) in [4.78, 5) is 14.3. The minimum absolute atomic E-state index is 0.266. The molecule has 1 atom stereocenters. The van der Waals surface area contributed by atoms with Crippen LogP contribution >= 0.6 is 0 Å². The van der Waals surface area contributed by atoms with Crippen molar-refractivity contribution in [2.75, 3.05) is 32.8 Å². The van der Waals surface area contributed by atoms with E-state index in [1.165, 1.54) is 12.8 Å². The molecule has 98 valence electrons. The van der Waals surface area contributed by atoms with E-state index >= 15 is 0 Å². The number of hydrogen-bond acceptors (Lipinski definition) is 3. The van der Waals surface area contributed by atoms with Gasteiger partial charge in [0.2, 0.25) is 5.91 Å². The smallest absolute Gasteiger partial charge is 0.223 e. The van der Waals surface area contributed by atoms with E-state index in [4.69, 9.17) is 4.74 Å². The van der Waals surface area contributed by atoms with Crippen LogP contribution in [0.3, 0.4) is 0 Å². The third-order valence-electron chi connectivity index (χ3n) is 3.97. The van der Waals surface area contributed by atoms with Crippen LogP contribution in [0.4, 0.5) is 0 Å². The van der Waals surface area contributed by atoms with E-state index in [-0.39, 0.29) is 11.8 Å². The molecular formula is C13H24N2O2. The fraction of sp³-hybridized carbons (Fsp3) is 0.923. The summed E-state index contributed by atoms with van der Waals surface area (Å²) in [5, 5.41) is 3.10. The topological polar surface area (TPSA) is 41.6 Å². The normalized spacial score (nSPS) is 24.8. The first kappa shape index (κ1) is 12.8. The maximum absolute atomic E-state index is 11.9. The van der Waals surface area contributed by atoms with Gasteiger partial charge in [0, 0.05) is 31.6 Å². The number of amides is 1. The van der Waals surface area contributed by atoms with Gasteiger partial charge in [-0.2, -0.15) is 0 Å². The lowest BCUT2D eigenvalue weighted by Gasteiger charge is -2.32. The first-order valence-corrected chi connectivity index (χ1v) is 6.87. The average molecular weight is 240 g/mol. The number of carbonyl (C=O) groups excluding carboxylic acids is 1. The predicted molar refractivity (Wildman–Crippen MR) is 66.8 cm³/mol. The van der Waals surface area contributed by atoms with Crippen molar-refractivity contribution in [1.29, 1.82) is 0 Å². The number of rotatable bonds is 4. The second-order valence-corrected chi connectivity index (χ2v) is 5.22. The van der Waals surface area contributed by atoms with Gasteiger partial charge in [-0.3, -0.25) is 9.69 Å². The van der Waals surface area contributed by atoms with Crippen molar-refractivity contribution in [2.24, 2.45) is 5.92 Å². The van der Waals surface area contributed by atoms with Gasteiger partial charge in [-0.05, 0) is 19.8 Å². The molecule has 4 nitrogen and oxygen atoms in total. The van der Waals surface area contributed by atoms with E-state index in [1.807, 2.05) is 0 Å². The molecule has 0 bridgehead atoms. The summed E-state index contributed by atoms with van der Waals surface area (Å²) >= 11 is 0. The number of carbonyl (C=O) groups is 1. The van der Waals surface area contributed by atoms with Crippen molar-refractivity contribution >= 4 is 5.91 Å². The molecule has 1 saturated carbocycles. The molecule has 17 heavy (non-hydrogen) atoms. The Bertz CT molecular complexity index is 246. The number of hydrogen-bond donors (Lipinski definition) is 1. The summed E-state index contributed by atoms with van der Waals surface area (Å²) < 4.78 is 5.33.